The van der Waals surface area contributed by atoms with E-state index in [4.69, 9.17) is 5.11 Å². The fourth-order valence-electron chi connectivity index (χ4n) is 1.89. The van der Waals surface area contributed by atoms with Gasteiger partial charge in [0.1, 0.15) is 0 Å². The molecule has 0 atom stereocenters. The molecule has 2 amide bonds. The van der Waals surface area contributed by atoms with Crippen LogP contribution in [0.25, 0.3) is 0 Å². The van der Waals surface area contributed by atoms with Crippen molar-refractivity contribution >= 4 is 11.8 Å². The van der Waals surface area contributed by atoms with Crippen molar-refractivity contribution < 1.29 is 14.7 Å². The van der Waals surface area contributed by atoms with Gasteiger partial charge in [-0.05, 0) is 30.5 Å². The Labute approximate surface area is 125 Å². The minimum atomic E-state index is -0.0803. The van der Waals surface area contributed by atoms with Crippen LogP contribution in [0.1, 0.15) is 48.5 Å². The maximum Gasteiger partial charge on any atom is 0.251 e. The Morgan fingerprint density at radius 3 is 2.29 bits per heavy atom. The molecule has 0 aliphatic rings. The molecule has 1 aromatic rings. The molecule has 3 N–H and O–H groups in total. The van der Waals surface area contributed by atoms with Gasteiger partial charge in [-0.25, -0.2) is 0 Å². The lowest BCUT2D eigenvalue weighted by molar-refractivity contribution is -0.119. The van der Waals surface area contributed by atoms with Crippen molar-refractivity contribution in [2.45, 2.75) is 39.2 Å². The molecule has 0 aliphatic carbocycles. The molecule has 0 radical (unpaired) electrons. The smallest absolute Gasteiger partial charge is 0.251 e. The van der Waals surface area contributed by atoms with Crippen molar-refractivity contribution in [2.75, 3.05) is 13.2 Å². The van der Waals surface area contributed by atoms with E-state index in [0.29, 0.717) is 18.7 Å². The van der Waals surface area contributed by atoms with E-state index in [-0.39, 0.29) is 18.4 Å². The lowest BCUT2D eigenvalue weighted by Crippen LogP contribution is -2.24. The first kappa shape index (κ1) is 17.2. The topological polar surface area (TPSA) is 78.4 Å². The molecule has 0 saturated heterocycles. The molecule has 0 aromatic heterocycles. The number of benzene rings is 1. The molecule has 0 spiro atoms. The predicted octanol–water partition coefficient (Wildman–Crippen LogP) is 1.61. The average Bonchev–Trinajstić information content (AvgIpc) is 2.49. The fraction of sp³-hybridized carbons (Fsp3) is 0.500. The summed E-state index contributed by atoms with van der Waals surface area (Å²) in [6.07, 6.45) is 3.75. The Bertz CT molecular complexity index is 443. The third kappa shape index (κ3) is 7.46. The zero-order chi connectivity index (χ0) is 15.5. The van der Waals surface area contributed by atoms with Crippen LogP contribution in [0.3, 0.4) is 0 Å². The molecule has 0 saturated carbocycles. The SMILES string of the molecule is CC(=O)NCc1ccc(C(=O)NCCCCCCO)cc1. The maximum atomic E-state index is 11.9. The highest BCUT2D eigenvalue weighted by molar-refractivity contribution is 5.94. The first-order valence-electron chi connectivity index (χ1n) is 7.36. The molecule has 1 rings (SSSR count). The van der Waals surface area contributed by atoms with Gasteiger partial charge in [-0.15, -0.1) is 0 Å². The number of nitrogens with one attached hydrogen (secondary N) is 2. The lowest BCUT2D eigenvalue weighted by atomic mass is 10.1. The van der Waals surface area contributed by atoms with Crippen LogP contribution in [-0.2, 0) is 11.3 Å². The average molecular weight is 292 g/mol. The number of hydrogen-bond donors (Lipinski definition) is 3. The molecule has 0 aliphatic heterocycles. The summed E-state index contributed by atoms with van der Waals surface area (Å²) in [6.45, 7) is 2.83. The second-order valence-electron chi connectivity index (χ2n) is 5.00. The first-order chi connectivity index (χ1) is 10.1. The summed E-state index contributed by atoms with van der Waals surface area (Å²) in [5.41, 5.74) is 1.59. The van der Waals surface area contributed by atoms with Crippen LogP contribution in [-0.4, -0.2) is 30.1 Å². The summed E-state index contributed by atoms with van der Waals surface area (Å²) in [5.74, 6) is -0.152. The molecule has 0 bridgehead atoms. The molecular formula is C16H24N2O3. The van der Waals surface area contributed by atoms with Gasteiger partial charge in [-0.1, -0.05) is 25.0 Å². The molecular weight excluding hydrogens is 268 g/mol. The summed E-state index contributed by atoms with van der Waals surface area (Å²) in [4.78, 5) is 22.7. The number of aliphatic hydroxyl groups excluding tert-OH is 1. The number of aliphatic hydroxyl groups is 1. The second kappa shape index (κ2) is 9.94. The van der Waals surface area contributed by atoms with Crippen molar-refractivity contribution in [2.24, 2.45) is 0 Å². The van der Waals surface area contributed by atoms with Gasteiger partial charge in [-0.3, -0.25) is 9.59 Å². The third-order valence-electron chi connectivity index (χ3n) is 3.13. The normalized spacial score (nSPS) is 10.2. The van der Waals surface area contributed by atoms with Crippen molar-refractivity contribution in [3.8, 4) is 0 Å². The number of rotatable bonds is 9. The Balaban J connectivity index is 2.29. The summed E-state index contributed by atoms with van der Waals surface area (Å²) in [6, 6.07) is 7.20. The zero-order valence-electron chi connectivity index (χ0n) is 12.5. The minimum Gasteiger partial charge on any atom is -0.396 e. The Hall–Kier alpha value is -1.88. The van der Waals surface area contributed by atoms with Crippen LogP contribution in [0.5, 0.6) is 0 Å². The van der Waals surface area contributed by atoms with Crippen molar-refractivity contribution in [3.05, 3.63) is 35.4 Å². The summed E-state index contributed by atoms with van der Waals surface area (Å²) < 4.78 is 0. The Morgan fingerprint density at radius 1 is 1.00 bits per heavy atom. The largest absolute Gasteiger partial charge is 0.396 e. The van der Waals surface area contributed by atoms with Gasteiger partial charge < -0.3 is 15.7 Å². The van der Waals surface area contributed by atoms with Crippen LogP contribution in [0.4, 0.5) is 0 Å². The van der Waals surface area contributed by atoms with Gasteiger partial charge in [0.15, 0.2) is 0 Å². The monoisotopic (exact) mass is 292 g/mol. The molecule has 0 unspecified atom stereocenters. The second-order valence-corrected chi connectivity index (χ2v) is 5.00. The number of unbranched alkanes of at least 4 members (excludes halogenated alkanes) is 3. The van der Waals surface area contributed by atoms with Gasteiger partial charge >= 0.3 is 0 Å². The molecule has 0 heterocycles. The van der Waals surface area contributed by atoms with E-state index in [1.807, 2.05) is 12.1 Å². The van der Waals surface area contributed by atoms with E-state index in [1.165, 1.54) is 6.92 Å². The van der Waals surface area contributed by atoms with Gasteiger partial charge in [0.2, 0.25) is 5.91 Å². The van der Waals surface area contributed by atoms with Crippen LogP contribution in [0.2, 0.25) is 0 Å². The van der Waals surface area contributed by atoms with Crippen LogP contribution < -0.4 is 10.6 Å². The van der Waals surface area contributed by atoms with E-state index in [0.717, 1.165) is 31.2 Å². The van der Waals surface area contributed by atoms with Crippen molar-refractivity contribution in [1.29, 1.82) is 0 Å². The minimum absolute atomic E-state index is 0.0713. The fourth-order valence-corrected chi connectivity index (χ4v) is 1.89. The van der Waals surface area contributed by atoms with Gasteiger partial charge in [0.25, 0.3) is 5.91 Å². The van der Waals surface area contributed by atoms with E-state index in [1.54, 1.807) is 12.1 Å². The molecule has 116 valence electrons. The van der Waals surface area contributed by atoms with Gasteiger partial charge in [-0.2, -0.15) is 0 Å². The predicted molar refractivity (Wildman–Crippen MR) is 81.8 cm³/mol. The van der Waals surface area contributed by atoms with Crippen molar-refractivity contribution in [1.82, 2.24) is 10.6 Å². The summed E-state index contributed by atoms with van der Waals surface area (Å²) >= 11 is 0. The Kier molecular flexibility index (Phi) is 8.12. The van der Waals surface area contributed by atoms with Crippen molar-refractivity contribution in [3.63, 3.8) is 0 Å². The number of carbonyl (C=O) groups is 2. The third-order valence-corrected chi connectivity index (χ3v) is 3.13. The molecule has 1 aromatic carbocycles. The molecule has 21 heavy (non-hydrogen) atoms. The number of carbonyl (C=O) groups excluding carboxylic acids is 2. The van der Waals surface area contributed by atoms with Crippen LogP contribution in [0.15, 0.2) is 24.3 Å². The van der Waals surface area contributed by atoms with E-state index >= 15 is 0 Å². The molecule has 5 heteroatoms. The highest BCUT2D eigenvalue weighted by atomic mass is 16.2. The molecule has 5 nitrogen and oxygen atoms in total. The summed E-state index contributed by atoms with van der Waals surface area (Å²) in [5, 5.41) is 14.2. The number of amides is 2. The first-order valence-corrected chi connectivity index (χ1v) is 7.36. The maximum absolute atomic E-state index is 11.9. The summed E-state index contributed by atoms with van der Waals surface area (Å²) in [7, 11) is 0. The highest BCUT2D eigenvalue weighted by Crippen LogP contribution is 2.05. The van der Waals surface area contributed by atoms with Crippen LogP contribution in [0, 0.1) is 0 Å². The lowest BCUT2D eigenvalue weighted by Gasteiger charge is -2.07. The number of hydrogen-bond acceptors (Lipinski definition) is 3. The standard InChI is InChI=1S/C16H24N2O3/c1-13(20)18-12-14-6-8-15(9-7-14)16(21)17-10-4-2-3-5-11-19/h6-9,19H,2-5,10-12H2,1H3,(H,17,21)(H,18,20). The molecule has 0 fully saturated rings. The van der Waals surface area contributed by atoms with Gasteiger partial charge in [0.05, 0.1) is 0 Å². The van der Waals surface area contributed by atoms with Crippen LogP contribution >= 0.6 is 0 Å². The van der Waals surface area contributed by atoms with Gasteiger partial charge in [0, 0.05) is 32.2 Å². The van der Waals surface area contributed by atoms with E-state index < -0.39 is 0 Å². The van der Waals surface area contributed by atoms with E-state index in [9.17, 15) is 9.59 Å². The zero-order valence-corrected chi connectivity index (χ0v) is 12.5. The highest BCUT2D eigenvalue weighted by Gasteiger charge is 2.04. The Morgan fingerprint density at radius 2 is 1.67 bits per heavy atom. The van der Waals surface area contributed by atoms with E-state index in [2.05, 4.69) is 10.6 Å². The quantitative estimate of drug-likeness (QED) is 0.605.